The van der Waals surface area contributed by atoms with Crippen LogP contribution in [0.5, 0.6) is 0 Å². The Labute approximate surface area is 226 Å². The molecule has 0 aliphatic heterocycles. The molecule has 4 aromatic rings. The van der Waals surface area contributed by atoms with Crippen molar-refractivity contribution in [2.75, 3.05) is 11.1 Å². The predicted molar refractivity (Wildman–Crippen MR) is 149 cm³/mol. The van der Waals surface area contributed by atoms with Crippen molar-refractivity contribution < 1.29 is 18.8 Å². The van der Waals surface area contributed by atoms with E-state index in [0.29, 0.717) is 22.5 Å². The molecule has 8 heteroatoms. The van der Waals surface area contributed by atoms with Crippen LogP contribution in [0.25, 0.3) is 0 Å². The quantitative estimate of drug-likeness (QED) is 0.182. The molecule has 0 atom stereocenters. The Hall–Kier alpha value is -4.98. The monoisotopic (exact) mass is 524 g/mol. The molecule has 198 valence electrons. The molecule has 0 spiro atoms. The van der Waals surface area contributed by atoms with Gasteiger partial charge in [-0.15, -0.1) is 0 Å². The van der Waals surface area contributed by atoms with Crippen molar-refractivity contribution in [2.24, 2.45) is 0 Å². The minimum absolute atomic E-state index is 0.0685. The van der Waals surface area contributed by atoms with Crippen LogP contribution in [-0.4, -0.2) is 23.4 Å². The molecule has 3 amide bonds. The number of para-hydroxylation sites is 2. The van der Waals surface area contributed by atoms with Crippen LogP contribution < -0.4 is 21.7 Å². The zero-order valence-electron chi connectivity index (χ0n) is 21.2. The van der Waals surface area contributed by atoms with E-state index in [4.69, 9.17) is 5.73 Å². The molecular formula is C31H29FN4O3. The molecule has 0 radical (unpaired) electrons. The third-order valence-electron chi connectivity index (χ3n) is 6.18. The number of benzene rings is 4. The lowest BCUT2D eigenvalue weighted by atomic mass is 9.93. The molecule has 0 saturated heterocycles. The molecule has 4 aromatic carbocycles. The molecule has 0 aliphatic carbocycles. The van der Waals surface area contributed by atoms with E-state index in [0.717, 1.165) is 11.1 Å². The van der Waals surface area contributed by atoms with Gasteiger partial charge in [-0.3, -0.25) is 14.4 Å². The summed E-state index contributed by atoms with van der Waals surface area (Å²) in [5.41, 5.74) is 6.13. The lowest BCUT2D eigenvalue weighted by molar-refractivity contribution is -0.146. The van der Waals surface area contributed by atoms with Crippen molar-refractivity contribution in [2.45, 2.75) is 25.2 Å². The van der Waals surface area contributed by atoms with E-state index in [1.165, 1.54) is 24.3 Å². The number of nitrogen functional groups attached to an aromatic ring is 1. The van der Waals surface area contributed by atoms with Gasteiger partial charge in [-0.1, -0.05) is 84.9 Å². The Morgan fingerprint density at radius 2 is 1.13 bits per heavy atom. The number of hydrogen-bond donors (Lipinski definition) is 4. The first-order chi connectivity index (χ1) is 18.8. The van der Waals surface area contributed by atoms with Crippen LogP contribution in [0.2, 0.25) is 0 Å². The smallest absolute Gasteiger partial charge is 0.269 e. The van der Waals surface area contributed by atoms with Crippen molar-refractivity contribution in [1.82, 2.24) is 10.6 Å². The lowest BCUT2D eigenvalue weighted by Gasteiger charge is -2.24. The van der Waals surface area contributed by atoms with Crippen LogP contribution in [0.1, 0.15) is 27.0 Å². The Balaban J connectivity index is 1.49. The first-order valence-corrected chi connectivity index (χ1v) is 12.4. The number of anilines is 2. The predicted octanol–water partition coefficient (Wildman–Crippen LogP) is 4.40. The summed E-state index contributed by atoms with van der Waals surface area (Å²) in [6.45, 7) is 0.137. The summed E-state index contributed by atoms with van der Waals surface area (Å²) < 4.78 is 16.3. The Kier molecular flexibility index (Phi) is 8.68. The molecule has 0 aromatic heterocycles. The summed E-state index contributed by atoms with van der Waals surface area (Å²) in [4.78, 5) is 38.8. The van der Waals surface area contributed by atoms with Crippen LogP contribution in [0.15, 0.2) is 109 Å². The van der Waals surface area contributed by atoms with E-state index < -0.39 is 29.8 Å². The fourth-order valence-electron chi connectivity index (χ4n) is 3.96. The first kappa shape index (κ1) is 27.1. The van der Waals surface area contributed by atoms with Gasteiger partial charge in [-0.2, -0.15) is 0 Å². The Morgan fingerprint density at radius 1 is 0.641 bits per heavy atom. The van der Waals surface area contributed by atoms with Crippen molar-refractivity contribution in [1.29, 1.82) is 0 Å². The van der Waals surface area contributed by atoms with E-state index in [2.05, 4.69) is 16.0 Å². The van der Waals surface area contributed by atoms with Crippen LogP contribution in [0, 0.1) is 0 Å². The number of hydrogen-bond acceptors (Lipinski definition) is 4. The zero-order valence-corrected chi connectivity index (χ0v) is 21.2. The third kappa shape index (κ3) is 7.07. The number of amides is 3. The Morgan fingerprint density at radius 3 is 1.64 bits per heavy atom. The highest BCUT2D eigenvalue weighted by molar-refractivity contribution is 6.09. The molecule has 0 unspecified atom stereocenters. The van der Waals surface area contributed by atoms with E-state index in [9.17, 15) is 14.4 Å². The molecule has 0 heterocycles. The first-order valence-electron chi connectivity index (χ1n) is 12.4. The van der Waals surface area contributed by atoms with Gasteiger partial charge in [0.25, 0.3) is 23.4 Å². The number of halogens is 1. The molecule has 0 bridgehead atoms. The number of carbonyl (C=O) groups is 3. The fraction of sp³-hybridized carbons (Fsp3) is 0.129. The maximum Gasteiger partial charge on any atom is 0.269 e. The topological polar surface area (TPSA) is 113 Å². The number of carbonyl (C=O) groups excluding carboxylic acids is 3. The largest absolute Gasteiger partial charge is 0.397 e. The number of rotatable bonds is 10. The minimum atomic E-state index is -2.88. The summed E-state index contributed by atoms with van der Waals surface area (Å²) in [6, 6.07) is 31.0. The average Bonchev–Trinajstić information content (AvgIpc) is 2.97. The molecule has 4 rings (SSSR count). The standard InChI is InChI=1S/C31H29FN4O3/c32-31(29(38)34-20-23-9-3-1-4-10-23,30(39)35-21-24-11-5-2-6-12-24)19-22-15-17-25(18-16-22)28(37)36-27-14-8-7-13-26(27)33/h1-18H,19-21,33H2,(H,34,38)(H,35,39)(H,36,37). The van der Waals surface area contributed by atoms with Gasteiger partial charge >= 0.3 is 0 Å². The molecule has 5 N–H and O–H groups in total. The molecule has 39 heavy (non-hydrogen) atoms. The summed E-state index contributed by atoms with van der Waals surface area (Å²) in [7, 11) is 0. The van der Waals surface area contributed by atoms with E-state index in [1.807, 2.05) is 12.1 Å². The maximum atomic E-state index is 16.3. The number of alkyl halides is 1. The van der Waals surface area contributed by atoms with Gasteiger partial charge in [-0.25, -0.2) is 4.39 Å². The lowest BCUT2D eigenvalue weighted by Crippen LogP contribution is -2.55. The van der Waals surface area contributed by atoms with Crippen LogP contribution in [0.3, 0.4) is 0 Å². The Bertz CT molecular complexity index is 1370. The minimum Gasteiger partial charge on any atom is -0.397 e. The fourth-order valence-corrected chi connectivity index (χ4v) is 3.96. The second kappa shape index (κ2) is 12.5. The van der Waals surface area contributed by atoms with Gasteiger partial charge in [0.15, 0.2) is 0 Å². The van der Waals surface area contributed by atoms with Crippen LogP contribution in [0.4, 0.5) is 15.8 Å². The van der Waals surface area contributed by atoms with Gasteiger partial charge in [0, 0.05) is 25.1 Å². The highest BCUT2D eigenvalue weighted by Crippen LogP contribution is 2.22. The molecule has 0 fully saturated rings. The molecule has 7 nitrogen and oxygen atoms in total. The van der Waals surface area contributed by atoms with Gasteiger partial charge in [0.2, 0.25) is 0 Å². The van der Waals surface area contributed by atoms with Crippen molar-refractivity contribution in [3.8, 4) is 0 Å². The van der Waals surface area contributed by atoms with Gasteiger partial charge < -0.3 is 21.7 Å². The SMILES string of the molecule is Nc1ccccc1NC(=O)c1ccc(CC(F)(C(=O)NCc2ccccc2)C(=O)NCc2ccccc2)cc1. The zero-order chi connectivity index (χ0) is 27.7. The molecular weight excluding hydrogens is 495 g/mol. The second-order valence-electron chi connectivity index (χ2n) is 9.05. The summed E-state index contributed by atoms with van der Waals surface area (Å²) in [6.07, 6.45) is -0.512. The molecule has 0 saturated carbocycles. The van der Waals surface area contributed by atoms with Crippen molar-refractivity contribution in [3.05, 3.63) is 131 Å². The van der Waals surface area contributed by atoms with Gasteiger partial charge in [0.1, 0.15) is 0 Å². The van der Waals surface area contributed by atoms with E-state index >= 15 is 4.39 Å². The van der Waals surface area contributed by atoms with Crippen molar-refractivity contribution in [3.63, 3.8) is 0 Å². The molecule has 0 aliphatic rings. The van der Waals surface area contributed by atoms with E-state index in [1.54, 1.807) is 72.8 Å². The number of nitrogens with two attached hydrogens (primary N) is 1. The average molecular weight is 525 g/mol. The highest BCUT2D eigenvalue weighted by Gasteiger charge is 2.46. The van der Waals surface area contributed by atoms with Gasteiger partial charge in [0.05, 0.1) is 11.4 Å². The van der Waals surface area contributed by atoms with Crippen LogP contribution in [-0.2, 0) is 29.1 Å². The number of nitrogens with one attached hydrogen (secondary N) is 3. The summed E-state index contributed by atoms with van der Waals surface area (Å²) in [5, 5.41) is 7.83. The normalized spacial score (nSPS) is 10.9. The van der Waals surface area contributed by atoms with E-state index in [-0.39, 0.29) is 13.1 Å². The van der Waals surface area contributed by atoms with Crippen LogP contribution >= 0.6 is 0 Å². The van der Waals surface area contributed by atoms with Crippen molar-refractivity contribution >= 4 is 29.1 Å². The summed E-state index contributed by atoms with van der Waals surface area (Å²) in [5.74, 6) is -2.48. The second-order valence-corrected chi connectivity index (χ2v) is 9.05. The summed E-state index contributed by atoms with van der Waals surface area (Å²) >= 11 is 0. The third-order valence-corrected chi connectivity index (χ3v) is 6.18. The highest BCUT2D eigenvalue weighted by atomic mass is 19.1. The maximum absolute atomic E-state index is 16.3. The van der Waals surface area contributed by atoms with Gasteiger partial charge in [-0.05, 0) is 41.0 Å².